The van der Waals surface area contributed by atoms with Crippen LogP contribution in [0.15, 0.2) is 17.5 Å². The van der Waals surface area contributed by atoms with E-state index < -0.39 is 5.97 Å². The molecular formula is C11H15NO3S2. The summed E-state index contributed by atoms with van der Waals surface area (Å²) in [6.07, 6.45) is 0.0957. The molecule has 94 valence electrons. The fraction of sp³-hybridized carbons (Fsp3) is 0.455. The van der Waals surface area contributed by atoms with Gasteiger partial charge in [0.25, 0.3) is 0 Å². The first-order valence-corrected chi connectivity index (χ1v) is 7.25. The van der Waals surface area contributed by atoms with E-state index in [0.717, 1.165) is 4.88 Å². The number of hydrogen-bond acceptors (Lipinski definition) is 4. The molecular weight excluding hydrogens is 258 g/mol. The molecule has 2 N–H and O–H groups in total. The highest BCUT2D eigenvalue weighted by Gasteiger charge is 2.10. The predicted molar refractivity (Wildman–Crippen MR) is 70.5 cm³/mol. The maximum atomic E-state index is 11.5. The Bertz CT molecular complexity index is 365. The number of amides is 1. The molecule has 1 atom stereocenters. The molecule has 0 aliphatic rings. The molecule has 1 aromatic rings. The van der Waals surface area contributed by atoms with Crippen molar-refractivity contribution in [2.75, 3.05) is 11.5 Å². The molecule has 0 saturated heterocycles. The number of aliphatic carboxylic acids is 1. The minimum absolute atomic E-state index is 0.0163. The SMILES string of the molecule is C[C@@H](NC(=O)CSCCC(=O)O)c1cccs1. The Kier molecular flexibility index (Phi) is 6.07. The Morgan fingerprint density at radius 3 is 2.94 bits per heavy atom. The Morgan fingerprint density at radius 2 is 2.35 bits per heavy atom. The molecule has 0 unspecified atom stereocenters. The number of nitrogens with one attached hydrogen (secondary N) is 1. The monoisotopic (exact) mass is 273 g/mol. The van der Waals surface area contributed by atoms with Gasteiger partial charge in [-0.1, -0.05) is 6.07 Å². The second-order valence-corrected chi connectivity index (χ2v) is 5.59. The van der Waals surface area contributed by atoms with Gasteiger partial charge in [-0.3, -0.25) is 9.59 Å². The lowest BCUT2D eigenvalue weighted by Gasteiger charge is -2.11. The van der Waals surface area contributed by atoms with Gasteiger partial charge < -0.3 is 10.4 Å². The first-order chi connectivity index (χ1) is 8.09. The Hall–Kier alpha value is -1.01. The highest BCUT2D eigenvalue weighted by atomic mass is 32.2. The van der Waals surface area contributed by atoms with Crippen LogP contribution in [0.3, 0.4) is 0 Å². The second-order valence-electron chi connectivity index (χ2n) is 3.50. The van der Waals surface area contributed by atoms with Crippen LogP contribution in [0, 0.1) is 0 Å². The van der Waals surface area contributed by atoms with Gasteiger partial charge in [-0.2, -0.15) is 11.8 Å². The van der Waals surface area contributed by atoms with Gasteiger partial charge in [0.1, 0.15) is 0 Å². The van der Waals surface area contributed by atoms with E-state index in [1.54, 1.807) is 11.3 Å². The highest BCUT2D eigenvalue weighted by Crippen LogP contribution is 2.18. The van der Waals surface area contributed by atoms with E-state index in [1.165, 1.54) is 11.8 Å². The number of rotatable bonds is 7. The minimum atomic E-state index is -0.829. The van der Waals surface area contributed by atoms with Gasteiger partial charge >= 0.3 is 5.97 Å². The minimum Gasteiger partial charge on any atom is -0.481 e. The molecule has 0 aromatic carbocycles. The van der Waals surface area contributed by atoms with Gasteiger partial charge in [0.2, 0.25) is 5.91 Å². The predicted octanol–water partition coefficient (Wildman–Crippen LogP) is 2.13. The van der Waals surface area contributed by atoms with Crippen LogP contribution < -0.4 is 5.32 Å². The first-order valence-electron chi connectivity index (χ1n) is 5.22. The van der Waals surface area contributed by atoms with Crippen LogP contribution in [0.2, 0.25) is 0 Å². The standard InChI is InChI=1S/C11H15NO3S2/c1-8(9-3-2-5-17-9)12-10(13)7-16-6-4-11(14)15/h2-3,5,8H,4,6-7H2,1H3,(H,12,13)(H,14,15)/t8-/m1/s1. The Labute approximate surface area is 108 Å². The van der Waals surface area contributed by atoms with Gasteiger partial charge in [0, 0.05) is 10.6 Å². The average Bonchev–Trinajstić information content (AvgIpc) is 2.77. The summed E-state index contributed by atoms with van der Waals surface area (Å²) in [4.78, 5) is 22.9. The third-order valence-electron chi connectivity index (χ3n) is 2.04. The molecule has 1 rings (SSSR count). The summed E-state index contributed by atoms with van der Waals surface area (Å²) in [5.74, 6) is -0.106. The lowest BCUT2D eigenvalue weighted by Crippen LogP contribution is -2.27. The molecule has 0 bridgehead atoms. The zero-order valence-corrected chi connectivity index (χ0v) is 11.1. The lowest BCUT2D eigenvalue weighted by atomic mass is 10.3. The number of carboxylic acids is 1. The van der Waals surface area contributed by atoms with Gasteiger partial charge in [0.05, 0.1) is 18.2 Å². The van der Waals surface area contributed by atoms with E-state index in [-0.39, 0.29) is 18.4 Å². The van der Waals surface area contributed by atoms with Gasteiger partial charge in [-0.05, 0) is 18.4 Å². The van der Waals surface area contributed by atoms with Crippen molar-refractivity contribution in [3.63, 3.8) is 0 Å². The maximum absolute atomic E-state index is 11.5. The summed E-state index contributed by atoms with van der Waals surface area (Å²) in [7, 11) is 0. The van der Waals surface area contributed by atoms with Crippen LogP contribution in [0.5, 0.6) is 0 Å². The van der Waals surface area contributed by atoms with Crippen molar-refractivity contribution in [1.29, 1.82) is 0 Å². The van der Waals surface area contributed by atoms with Crippen LogP contribution in [-0.2, 0) is 9.59 Å². The van der Waals surface area contributed by atoms with E-state index in [1.807, 2.05) is 24.4 Å². The molecule has 0 radical (unpaired) electrons. The van der Waals surface area contributed by atoms with Crippen molar-refractivity contribution in [1.82, 2.24) is 5.32 Å². The van der Waals surface area contributed by atoms with E-state index in [0.29, 0.717) is 11.5 Å². The maximum Gasteiger partial charge on any atom is 0.304 e. The van der Waals surface area contributed by atoms with Crippen molar-refractivity contribution in [3.05, 3.63) is 22.4 Å². The van der Waals surface area contributed by atoms with E-state index in [9.17, 15) is 9.59 Å². The van der Waals surface area contributed by atoms with Crippen molar-refractivity contribution < 1.29 is 14.7 Å². The van der Waals surface area contributed by atoms with Crippen LogP contribution in [0.4, 0.5) is 0 Å². The normalized spacial score (nSPS) is 12.1. The van der Waals surface area contributed by atoms with Crippen molar-refractivity contribution in [2.24, 2.45) is 0 Å². The lowest BCUT2D eigenvalue weighted by molar-refractivity contribution is -0.136. The van der Waals surface area contributed by atoms with Crippen molar-refractivity contribution >= 4 is 35.0 Å². The zero-order valence-electron chi connectivity index (χ0n) is 9.51. The Balaban J connectivity index is 2.19. The molecule has 0 aliphatic heterocycles. The van der Waals surface area contributed by atoms with E-state index in [2.05, 4.69) is 5.32 Å². The molecule has 0 aliphatic carbocycles. The fourth-order valence-corrected chi connectivity index (χ4v) is 2.68. The number of carbonyl (C=O) groups excluding carboxylic acids is 1. The van der Waals surface area contributed by atoms with Crippen molar-refractivity contribution in [2.45, 2.75) is 19.4 Å². The summed E-state index contributed by atoms with van der Waals surface area (Å²) in [6.45, 7) is 1.94. The summed E-state index contributed by atoms with van der Waals surface area (Å²) < 4.78 is 0. The summed E-state index contributed by atoms with van der Waals surface area (Å²) >= 11 is 2.95. The van der Waals surface area contributed by atoms with Crippen LogP contribution in [0.1, 0.15) is 24.3 Å². The Morgan fingerprint density at radius 1 is 1.59 bits per heavy atom. The highest BCUT2D eigenvalue weighted by molar-refractivity contribution is 7.99. The van der Waals surface area contributed by atoms with Crippen LogP contribution >= 0.6 is 23.1 Å². The van der Waals surface area contributed by atoms with Gasteiger partial charge in [0.15, 0.2) is 0 Å². The molecule has 4 nitrogen and oxygen atoms in total. The summed E-state index contributed by atoms with van der Waals surface area (Å²) in [6, 6.07) is 3.94. The number of thioether (sulfide) groups is 1. The largest absolute Gasteiger partial charge is 0.481 e. The van der Waals surface area contributed by atoms with E-state index >= 15 is 0 Å². The topological polar surface area (TPSA) is 66.4 Å². The molecule has 0 fully saturated rings. The smallest absolute Gasteiger partial charge is 0.304 e. The molecule has 1 amide bonds. The number of carbonyl (C=O) groups is 2. The summed E-state index contributed by atoms with van der Waals surface area (Å²) in [5.41, 5.74) is 0. The quantitative estimate of drug-likeness (QED) is 0.747. The number of thiophene rings is 1. The van der Waals surface area contributed by atoms with Gasteiger partial charge in [-0.15, -0.1) is 11.3 Å². The van der Waals surface area contributed by atoms with Crippen LogP contribution in [0.25, 0.3) is 0 Å². The molecule has 17 heavy (non-hydrogen) atoms. The molecule has 6 heteroatoms. The fourth-order valence-electron chi connectivity index (χ4n) is 1.22. The zero-order chi connectivity index (χ0) is 12.7. The van der Waals surface area contributed by atoms with E-state index in [4.69, 9.17) is 5.11 Å². The molecule has 0 saturated carbocycles. The van der Waals surface area contributed by atoms with Crippen molar-refractivity contribution in [3.8, 4) is 0 Å². The summed E-state index contributed by atoms with van der Waals surface area (Å²) in [5, 5.41) is 13.3. The molecule has 1 aromatic heterocycles. The van der Waals surface area contributed by atoms with Crippen LogP contribution in [-0.4, -0.2) is 28.5 Å². The first kappa shape index (κ1) is 14.1. The third kappa shape index (κ3) is 5.74. The second kappa shape index (κ2) is 7.34. The van der Waals surface area contributed by atoms with Gasteiger partial charge in [-0.25, -0.2) is 0 Å². The number of carboxylic acid groups (broad SMARTS) is 1. The molecule has 1 heterocycles. The number of hydrogen-bond donors (Lipinski definition) is 2. The average molecular weight is 273 g/mol. The third-order valence-corrected chi connectivity index (χ3v) is 4.06. The molecule has 0 spiro atoms.